The van der Waals surface area contributed by atoms with Crippen molar-refractivity contribution in [2.24, 2.45) is 0 Å². The molecule has 0 saturated heterocycles. The summed E-state index contributed by atoms with van der Waals surface area (Å²) >= 11 is 0. The van der Waals surface area contributed by atoms with Crippen LogP contribution in [0.1, 0.15) is 15.9 Å². The molecule has 0 radical (unpaired) electrons. The van der Waals surface area contributed by atoms with E-state index in [0.717, 1.165) is 0 Å². The van der Waals surface area contributed by atoms with E-state index in [1.807, 2.05) is 0 Å². The number of nitrogens with one attached hydrogen (secondary N) is 1. The quantitative estimate of drug-likeness (QED) is 0.729. The molecule has 1 aromatic carbocycles. The lowest BCUT2D eigenvalue weighted by atomic mass is 9.99. The molecule has 2 rings (SSSR count). The van der Waals surface area contributed by atoms with Crippen molar-refractivity contribution in [2.75, 3.05) is 13.7 Å². The highest BCUT2D eigenvalue weighted by Gasteiger charge is 2.22. The summed E-state index contributed by atoms with van der Waals surface area (Å²) in [5.41, 5.74) is 1.17. The summed E-state index contributed by atoms with van der Waals surface area (Å²) in [7, 11) is 1.43. The zero-order valence-electron chi connectivity index (χ0n) is 7.76. The Morgan fingerprint density at radius 3 is 3.00 bits per heavy atom. The van der Waals surface area contributed by atoms with Gasteiger partial charge in [0.2, 0.25) is 0 Å². The Labute approximate surface area is 80.9 Å². The van der Waals surface area contributed by atoms with Gasteiger partial charge in [0.25, 0.3) is 5.91 Å². The van der Waals surface area contributed by atoms with Gasteiger partial charge in [0.1, 0.15) is 11.6 Å². The standard InChI is InChI=1S/C10H10FNO2/c1-14-8-5-7(11)4-6-2-3-12-10(13)9(6)8/h4-5H,2-3H2,1H3,(H,12,13). The van der Waals surface area contributed by atoms with E-state index in [2.05, 4.69) is 5.32 Å². The monoisotopic (exact) mass is 195 g/mol. The average Bonchev–Trinajstić information content (AvgIpc) is 2.16. The lowest BCUT2D eigenvalue weighted by molar-refractivity contribution is 0.0942. The van der Waals surface area contributed by atoms with Crippen LogP contribution in [-0.4, -0.2) is 19.6 Å². The molecule has 1 heterocycles. The van der Waals surface area contributed by atoms with Gasteiger partial charge in [-0.25, -0.2) is 4.39 Å². The molecule has 0 saturated carbocycles. The molecule has 3 nitrogen and oxygen atoms in total. The minimum Gasteiger partial charge on any atom is -0.496 e. The molecule has 1 N–H and O–H groups in total. The number of amides is 1. The second-order valence-corrected chi connectivity index (χ2v) is 3.15. The summed E-state index contributed by atoms with van der Waals surface area (Å²) in [6, 6.07) is 2.61. The first-order chi connectivity index (χ1) is 6.72. The Bertz CT molecular complexity index is 373. The highest BCUT2D eigenvalue weighted by atomic mass is 19.1. The molecule has 74 valence electrons. The Morgan fingerprint density at radius 2 is 2.29 bits per heavy atom. The lowest BCUT2D eigenvalue weighted by Crippen LogP contribution is -2.32. The van der Waals surface area contributed by atoms with Gasteiger partial charge in [0.15, 0.2) is 0 Å². The second-order valence-electron chi connectivity index (χ2n) is 3.15. The average molecular weight is 195 g/mol. The SMILES string of the molecule is COc1cc(F)cc2c1C(=O)NCC2. The van der Waals surface area contributed by atoms with Crippen LogP contribution in [0.5, 0.6) is 5.75 Å². The van der Waals surface area contributed by atoms with Gasteiger partial charge in [-0.05, 0) is 18.1 Å². The number of ether oxygens (including phenoxy) is 1. The molecule has 0 aliphatic carbocycles. The number of fused-ring (bicyclic) bond motifs is 1. The Balaban J connectivity index is 2.61. The maximum Gasteiger partial charge on any atom is 0.255 e. The van der Waals surface area contributed by atoms with Crippen molar-refractivity contribution in [2.45, 2.75) is 6.42 Å². The molecule has 0 fully saturated rings. The summed E-state index contributed by atoms with van der Waals surface area (Å²) in [6.45, 7) is 0.554. The second kappa shape index (κ2) is 3.29. The zero-order chi connectivity index (χ0) is 10.1. The maximum atomic E-state index is 13.1. The van der Waals surface area contributed by atoms with Crippen molar-refractivity contribution in [3.05, 3.63) is 29.1 Å². The van der Waals surface area contributed by atoms with E-state index in [9.17, 15) is 9.18 Å². The first-order valence-electron chi connectivity index (χ1n) is 4.37. The minimum absolute atomic E-state index is 0.192. The van der Waals surface area contributed by atoms with E-state index >= 15 is 0 Å². The molecular weight excluding hydrogens is 185 g/mol. The van der Waals surface area contributed by atoms with E-state index in [1.54, 1.807) is 0 Å². The van der Waals surface area contributed by atoms with Gasteiger partial charge >= 0.3 is 0 Å². The van der Waals surface area contributed by atoms with Crippen LogP contribution in [0.4, 0.5) is 4.39 Å². The van der Waals surface area contributed by atoms with Gasteiger partial charge < -0.3 is 10.1 Å². The predicted octanol–water partition coefficient (Wildman–Crippen LogP) is 1.12. The van der Waals surface area contributed by atoms with Gasteiger partial charge in [0.05, 0.1) is 12.7 Å². The Kier molecular flexibility index (Phi) is 2.11. The van der Waals surface area contributed by atoms with E-state index in [-0.39, 0.29) is 11.7 Å². The van der Waals surface area contributed by atoms with E-state index in [0.29, 0.717) is 29.8 Å². The number of hydrogen-bond acceptors (Lipinski definition) is 2. The molecule has 1 aliphatic rings. The molecule has 0 aromatic heterocycles. The molecule has 4 heteroatoms. The van der Waals surface area contributed by atoms with Crippen molar-refractivity contribution in [3.63, 3.8) is 0 Å². The first kappa shape index (κ1) is 8.99. The molecule has 0 spiro atoms. The van der Waals surface area contributed by atoms with Gasteiger partial charge in [-0.15, -0.1) is 0 Å². The first-order valence-corrected chi connectivity index (χ1v) is 4.37. The van der Waals surface area contributed by atoms with Crippen LogP contribution < -0.4 is 10.1 Å². The largest absolute Gasteiger partial charge is 0.496 e. The van der Waals surface area contributed by atoms with E-state index in [4.69, 9.17) is 4.74 Å². The fourth-order valence-electron chi connectivity index (χ4n) is 1.65. The van der Waals surface area contributed by atoms with Gasteiger partial charge in [-0.1, -0.05) is 0 Å². The normalized spacial score (nSPS) is 14.6. The minimum atomic E-state index is -0.365. The molecule has 1 aliphatic heterocycles. The van der Waals surface area contributed by atoms with Crippen LogP contribution in [0.25, 0.3) is 0 Å². The topological polar surface area (TPSA) is 38.3 Å². The van der Waals surface area contributed by atoms with Crippen LogP contribution in [-0.2, 0) is 6.42 Å². The molecule has 14 heavy (non-hydrogen) atoms. The Hall–Kier alpha value is -1.58. The summed E-state index contributed by atoms with van der Waals surface area (Å²) in [5, 5.41) is 2.69. The number of rotatable bonds is 1. The number of carbonyl (C=O) groups is 1. The maximum absolute atomic E-state index is 13.1. The van der Waals surface area contributed by atoms with Crippen LogP contribution in [0.15, 0.2) is 12.1 Å². The van der Waals surface area contributed by atoms with Crippen molar-refractivity contribution >= 4 is 5.91 Å². The van der Waals surface area contributed by atoms with E-state index in [1.165, 1.54) is 19.2 Å². The third-order valence-electron chi connectivity index (χ3n) is 2.28. The number of carbonyl (C=O) groups excluding carboxylic acids is 1. The fourth-order valence-corrected chi connectivity index (χ4v) is 1.65. The molecule has 0 bridgehead atoms. The fraction of sp³-hybridized carbons (Fsp3) is 0.300. The van der Waals surface area contributed by atoms with Crippen LogP contribution >= 0.6 is 0 Å². The number of methoxy groups -OCH3 is 1. The third kappa shape index (κ3) is 1.32. The van der Waals surface area contributed by atoms with Crippen LogP contribution in [0.2, 0.25) is 0 Å². The van der Waals surface area contributed by atoms with Gasteiger partial charge in [-0.2, -0.15) is 0 Å². The molecular formula is C10H10FNO2. The van der Waals surface area contributed by atoms with E-state index < -0.39 is 0 Å². The summed E-state index contributed by atoms with van der Waals surface area (Å²) < 4.78 is 18.0. The van der Waals surface area contributed by atoms with Crippen molar-refractivity contribution in [1.82, 2.24) is 5.32 Å². The summed E-state index contributed by atoms with van der Waals surface area (Å²) in [5.74, 6) is -0.254. The molecule has 1 aromatic rings. The summed E-state index contributed by atoms with van der Waals surface area (Å²) in [4.78, 5) is 11.5. The van der Waals surface area contributed by atoms with Crippen molar-refractivity contribution in [1.29, 1.82) is 0 Å². The number of halogens is 1. The van der Waals surface area contributed by atoms with Gasteiger partial charge in [-0.3, -0.25) is 4.79 Å². The smallest absolute Gasteiger partial charge is 0.255 e. The third-order valence-corrected chi connectivity index (χ3v) is 2.28. The number of hydrogen-bond donors (Lipinski definition) is 1. The highest BCUT2D eigenvalue weighted by molar-refractivity contribution is 5.99. The van der Waals surface area contributed by atoms with Crippen LogP contribution in [0.3, 0.4) is 0 Å². The summed E-state index contributed by atoms with van der Waals surface area (Å²) in [6.07, 6.45) is 0.648. The van der Waals surface area contributed by atoms with Gasteiger partial charge in [0, 0.05) is 12.6 Å². The molecule has 0 atom stereocenters. The molecule has 1 amide bonds. The predicted molar refractivity (Wildman–Crippen MR) is 49.0 cm³/mol. The number of benzene rings is 1. The highest BCUT2D eigenvalue weighted by Crippen LogP contribution is 2.26. The van der Waals surface area contributed by atoms with Crippen molar-refractivity contribution in [3.8, 4) is 5.75 Å². The molecule has 0 unspecified atom stereocenters. The van der Waals surface area contributed by atoms with Crippen LogP contribution in [0, 0.1) is 5.82 Å². The van der Waals surface area contributed by atoms with Crippen molar-refractivity contribution < 1.29 is 13.9 Å². The Morgan fingerprint density at radius 1 is 1.50 bits per heavy atom. The lowest BCUT2D eigenvalue weighted by Gasteiger charge is -2.18. The zero-order valence-corrected chi connectivity index (χ0v) is 7.76.